The van der Waals surface area contributed by atoms with Crippen molar-refractivity contribution in [1.82, 2.24) is 9.80 Å². The maximum Gasteiger partial charge on any atom is 0.288 e. The fourth-order valence-electron chi connectivity index (χ4n) is 1.52. The second-order valence-electron chi connectivity index (χ2n) is 3.37. The van der Waals surface area contributed by atoms with Gasteiger partial charge in [-0.1, -0.05) is 13.8 Å². The third-order valence-corrected chi connectivity index (χ3v) is 2.59. The molecule has 1 amide bonds. The lowest BCUT2D eigenvalue weighted by atomic mass is 10.4. The lowest BCUT2D eigenvalue weighted by Crippen LogP contribution is -2.36. The van der Waals surface area contributed by atoms with Crippen molar-refractivity contribution in [1.29, 1.82) is 0 Å². The van der Waals surface area contributed by atoms with Gasteiger partial charge in [0.1, 0.15) is 0 Å². The van der Waals surface area contributed by atoms with Crippen LogP contribution in [0.3, 0.4) is 0 Å². The maximum atomic E-state index is 11.3. The molecule has 0 unspecified atom stereocenters. The summed E-state index contributed by atoms with van der Waals surface area (Å²) in [7, 11) is 0. The van der Waals surface area contributed by atoms with Gasteiger partial charge in [0.2, 0.25) is 0 Å². The Balaban J connectivity index is 2.30. The van der Waals surface area contributed by atoms with Crippen LogP contribution in [0.4, 0.5) is 0 Å². The van der Waals surface area contributed by atoms with Gasteiger partial charge in [-0.3, -0.25) is 4.79 Å². The van der Waals surface area contributed by atoms with Gasteiger partial charge in [0, 0.05) is 19.6 Å². The Labute approximate surface area is 84.8 Å². The first-order chi connectivity index (χ1) is 6.69. The molecule has 0 aromatic heterocycles. The Hall–Kier alpha value is -1.03. The fourth-order valence-corrected chi connectivity index (χ4v) is 1.52. The minimum atomic E-state index is -0.239. The van der Waals surface area contributed by atoms with Crippen molar-refractivity contribution in [3.8, 4) is 0 Å². The zero-order valence-corrected chi connectivity index (χ0v) is 8.86. The average Bonchev–Trinajstić information content (AvgIpc) is 2.51. The molecule has 1 heterocycles. The third kappa shape index (κ3) is 2.48. The van der Waals surface area contributed by atoms with E-state index < -0.39 is 0 Å². The lowest BCUT2D eigenvalue weighted by Gasteiger charge is -2.22. The lowest BCUT2D eigenvalue weighted by molar-refractivity contribution is -0.128. The molecular weight excluding hydrogens is 180 g/mol. The molecule has 0 radical (unpaired) electrons. The van der Waals surface area contributed by atoms with Crippen LogP contribution in [-0.2, 0) is 4.79 Å². The summed E-state index contributed by atoms with van der Waals surface area (Å²) in [5.41, 5.74) is 0. The quantitative estimate of drug-likeness (QED) is 0.704. The molecular formula is C10H18N2O2. The van der Waals surface area contributed by atoms with E-state index in [4.69, 9.17) is 5.11 Å². The summed E-state index contributed by atoms with van der Waals surface area (Å²) in [4.78, 5) is 15.2. The molecule has 80 valence electrons. The number of aliphatic hydroxyl groups excluding tert-OH is 1. The Morgan fingerprint density at radius 3 is 2.57 bits per heavy atom. The molecule has 1 rings (SSSR count). The van der Waals surface area contributed by atoms with Gasteiger partial charge >= 0.3 is 0 Å². The number of rotatable bonds is 5. The first-order valence-corrected chi connectivity index (χ1v) is 5.09. The highest BCUT2D eigenvalue weighted by atomic mass is 16.3. The average molecular weight is 198 g/mol. The van der Waals surface area contributed by atoms with Crippen molar-refractivity contribution in [3.63, 3.8) is 0 Å². The molecule has 0 spiro atoms. The Morgan fingerprint density at radius 2 is 2.14 bits per heavy atom. The topological polar surface area (TPSA) is 43.8 Å². The van der Waals surface area contributed by atoms with E-state index in [1.807, 2.05) is 0 Å². The van der Waals surface area contributed by atoms with E-state index in [-0.39, 0.29) is 11.7 Å². The molecule has 14 heavy (non-hydrogen) atoms. The van der Waals surface area contributed by atoms with Crippen LogP contribution in [0.1, 0.15) is 13.8 Å². The smallest absolute Gasteiger partial charge is 0.288 e. The van der Waals surface area contributed by atoms with Gasteiger partial charge < -0.3 is 14.9 Å². The maximum absolute atomic E-state index is 11.3. The predicted octanol–water partition coefficient (Wildman–Crippen LogP) is 0.612. The van der Waals surface area contributed by atoms with Crippen LogP contribution >= 0.6 is 0 Å². The largest absolute Gasteiger partial charge is 0.503 e. The summed E-state index contributed by atoms with van der Waals surface area (Å²) in [6.07, 6.45) is 1.56. The molecule has 1 N–H and O–H groups in total. The van der Waals surface area contributed by atoms with E-state index in [0.717, 1.165) is 19.6 Å². The van der Waals surface area contributed by atoms with E-state index >= 15 is 0 Å². The van der Waals surface area contributed by atoms with Crippen LogP contribution in [0, 0.1) is 0 Å². The Bertz CT molecular complexity index is 234. The summed E-state index contributed by atoms with van der Waals surface area (Å²) in [5.74, 6) is -0.346. The highest BCUT2D eigenvalue weighted by Gasteiger charge is 2.22. The molecule has 1 aliphatic rings. The van der Waals surface area contributed by atoms with Crippen molar-refractivity contribution < 1.29 is 9.90 Å². The van der Waals surface area contributed by atoms with Crippen LogP contribution in [0.25, 0.3) is 0 Å². The van der Waals surface area contributed by atoms with Crippen molar-refractivity contribution in [2.24, 2.45) is 0 Å². The van der Waals surface area contributed by atoms with E-state index in [9.17, 15) is 4.79 Å². The molecule has 0 saturated heterocycles. The number of likely N-dealkylation sites (N-methyl/N-ethyl adjacent to an activating group) is 1. The van der Waals surface area contributed by atoms with E-state index in [1.54, 1.807) is 11.0 Å². The zero-order valence-electron chi connectivity index (χ0n) is 8.86. The first-order valence-electron chi connectivity index (χ1n) is 5.09. The predicted molar refractivity (Wildman–Crippen MR) is 55.1 cm³/mol. The first kappa shape index (κ1) is 11.0. The Kier molecular flexibility index (Phi) is 3.95. The summed E-state index contributed by atoms with van der Waals surface area (Å²) < 4.78 is 0. The van der Waals surface area contributed by atoms with E-state index in [2.05, 4.69) is 18.7 Å². The molecule has 0 aromatic rings. The van der Waals surface area contributed by atoms with Crippen LogP contribution in [0.15, 0.2) is 11.8 Å². The van der Waals surface area contributed by atoms with Gasteiger partial charge in [-0.25, -0.2) is 0 Å². The standard InChI is InChI=1S/C10H18N2O2/c1-3-11(4-2)7-8-12-6-5-9(13)10(12)14/h5,13H,3-4,6-8H2,1-2H3. The van der Waals surface area contributed by atoms with E-state index in [0.29, 0.717) is 13.1 Å². The molecule has 4 heteroatoms. The van der Waals surface area contributed by atoms with Crippen molar-refractivity contribution in [2.45, 2.75) is 13.8 Å². The minimum Gasteiger partial charge on any atom is -0.503 e. The highest BCUT2D eigenvalue weighted by molar-refractivity contribution is 5.93. The summed E-state index contributed by atoms with van der Waals surface area (Å²) >= 11 is 0. The monoisotopic (exact) mass is 198 g/mol. The van der Waals surface area contributed by atoms with Crippen molar-refractivity contribution >= 4 is 5.91 Å². The number of amides is 1. The van der Waals surface area contributed by atoms with Crippen LogP contribution < -0.4 is 0 Å². The van der Waals surface area contributed by atoms with Crippen molar-refractivity contribution in [2.75, 3.05) is 32.7 Å². The van der Waals surface area contributed by atoms with Crippen molar-refractivity contribution in [3.05, 3.63) is 11.8 Å². The minimum absolute atomic E-state index is 0.107. The number of hydrogen-bond donors (Lipinski definition) is 1. The fraction of sp³-hybridized carbons (Fsp3) is 0.700. The molecule has 1 aliphatic heterocycles. The number of nitrogens with zero attached hydrogens (tertiary/aromatic N) is 2. The molecule has 0 aromatic carbocycles. The van der Waals surface area contributed by atoms with Gasteiger partial charge in [-0.15, -0.1) is 0 Å². The molecule has 0 aliphatic carbocycles. The van der Waals surface area contributed by atoms with Gasteiger partial charge in [0.25, 0.3) is 5.91 Å². The number of hydrogen-bond acceptors (Lipinski definition) is 3. The van der Waals surface area contributed by atoms with Crippen LogP contribution in [0.2, 0.25) is 0 Å². The van der Waals surface area contributed by atoms with E-state index in [1.165, 1.54) is 0 Å². The van der Waals surface area contributed by atoms with Crippen LogP contribution in [0.5, 0.6) is 0 Å². The van der Waals surface area contributed by atoms with Gasteiger partial charge in [0.05, 0.1) is 0 Å². The van der Waals surface area contributed by atoms with Gasteiger partial charge in [-0.2, -0.15) is 0 Å². The zero-order chi connectivity index (χ0) is 10.6. The third-order valence-electron chi connectivity index (χ3n) is 2.59. The van der Waals surface area contributed by atoms with Crippen LogP contribution in [-0.4, -0.2) is 53.5 Å². The number of carbonyl (C=O) groups excluding carboxylic acids is 1. The SMILES string of the molecule is CCN(CC)CCN1CC=C(O)C1=O. The second kappa shape index (κ2) is 5.00. The highest BCUT2D eigenvalue weighted by Crippen LogP contribution is 2.07. The Morgan fingerprint density at radius 1 is 1.50 bits per heavy atom. The molecule has 0 atom stereocenters. The van der Waals surface area contributed by atoms with Gasteiger partial charge in [-0.05, 0) is 19.2 Å². The normalized spacial score (nSPS) is 16.6. The summed E-state index contributed by atoms with van der Waals surface area (Å²) in [6.45, 7) is 8.32. The molecule has 0 saturated carbocycles. The second-order valence-corrected chi connectivity index (χ2v) is 3.37. The summed E-state index contributed by atoms with van der Waals surface area (Å²) in [5, 5.41) is 9.10. The number of aliphatic hydroxyl groups is 1. The van der Waals surface area contributed by atoms with Gasteiger partial charge in [0.15, 0.2) is 5.76 Å². The molecule has 0 bridgehead atoms. The number of carbonyl (C=O) groups is 1. The molecule has 0 fully saturated rings. The summed E-state index contributed by atoms with van der Waals surface area (Å²) in [6, 6.07) is 0. The molecule has 4 nitrogen and oxygen atoms in total.